The lowest BCUT2D eigenvalue weighted by molar-refractivity contribution is -0.133. The molecule has 0 saturated carbocycles. The van der Waals surface area contributed by atoms with Crippen molar-refractivity contribution < 1.29 is 14.0 Å². The fourth-order valence-corrected chi connectivity index (χ4v) is 3.15. The number of hydrogen-bond donors (Lipinski definition) is 2. The number of thioether (sulfide) groups is 1. The van der Waals surface area contributed by atoms with Crippen LogP contribution in [0, 0.1) is 11.7 Å². The maximum Gasteiger partial charge on any atom is 0.237 e. The Kier molecular flexibility index (Phi) is 5.58. The molecule has 1 fully saturated rings. The molecular weight excluding hydrogens is 293 g/mol. The van der Waals surface area contributed by atoms with Crippen LogP contribution in [0.25, 0.3) is 0 Å². The van der Waals surface area contributed by atoms with E-state index in [0.717, 1.165) is 4.90 Å². The van der Waals surface area contributed by atoms with Crippen LogP contribution in [-0.2, 0) is 9.59 Å². The van der Waals surface area contributed by atoms with Gasteiger partial charge in [0.25, 0.3) is 0 Å². The second-order valence-corrected chi connectivity index (χ2v) is 5.96. The molecule has 1 aliphatic heterocycles. The lowest BCUT2D eigenvalue weighted by Crippen LogP contribution is -2.45. The molecule has 0 aliphatic carbocycles. The van der Waals surface area contributed by atoms with Crippen molar-refractivity contribution in [1.82, 2.24) is 10.3 Å². The zero-order chi connectivity index (χ0) is 15.2. The standard InChI is InChI=1S/C14H18FN3O2S/c15-11-2-1-3-12(8-11)21-9-13(19)18-6-4-10(5-7-18)14(20)17-16/h1-3,8,10H,4-7,9,16H2,(H,17,20). The Hall–Kier alpha value is -1.60. The van der Waals surface area contributed by atoms with Crippen LogP contribution < -0.4 is 11.3 Å². The van der Waals surface area contributed by atoms with Gasteiger partial charge in [-0.2, -0.15) is 0 Å². The van der Waals surface area contributed by atoms with Gasteiger partial charge in [-0.3, -0.25) is 15.0 Å². The number of likely N-dealkylation sites (tertiary alicyclic amines) is 1. The molecule has 0 unspecified atom stereocenters. The first-order valence-corrected chi connectivity index (χ1v) is 7.75. The molecular formula is C14H18FN3O2S. The summed E-state index contributed by atoms with van der Waals surface area (Å²) in [6.07, 6.45) is 1.25. The number of rotatable bonds is 4. The van der Waals surface area contributed by atoms with E-state index in [1.807, 2.05) is 0 Å². The molecule has 1 aromatic carbocycles. The minimum Gasteiger partial charge on any atom is -0.342 e. The highest BCUT2D eigenvalue weighted by Gasteiger charge is 2.26. The number of carbonyl (C=O) groups excluding carboxylic acids is 2. The van der Waals surface area contributed by atoms with E-state index >= 15 is 0 Å². The van der Waals surface area contributed by atoms with Crippen LogP contribution in [0.4, 0.5) is 4.39 Å². The van der Waals surface area contributed by atoms with Crippen molar-refractivity contribution in [3.05, 3.63) is 30.1 Å². The summed E-state index contributed by atoms with van der Waals surface area (Å²) >= 11 is 1.32. The summed E-state index contributed by atoms with van der Waals surface area (Å²) in [4.78, 5) is 26.0. The molecule has 1 heterocycles. The zero-order valence-electron chi connectivity index (χ0n) is 11.5. The normalized spacial score (nSPS) is 15.8. The SMILES string of the molecule is NNC(=O)C1CCN(C(=O)CSc2cccc(F)c2)CC1. The van der Waals surface area contributed by atoms with Crippen LogP contribution in [0.15, 0.2) is 29.2 Å². The van der Waals surface area contributed by atoms with E-state index in [1.165, 1.54) is 23.9 Å². The highest BCUT2D eigenvalue weighted by Crippen LogP contribution is 2.21. The zero-order valence-corrected chi connectivity index (χ0v) is 12.4. The molecule has 0 atom stereocenters. The third-order valence-corrected chi connectivity index (χ3v) is 4.50. The molecule has 5 nitrogen and oxygen atoms in total. The number of piperidine rings is 1. The number of hydrogen-bond acceptors (Lipinski definition) is 4. The van der Waals surface area contributed by atoms with Gasteiger partial charge in [-0.15, -0.1) is 11.8 Å². The lowest BCUT2D eigenvalue weighted by Gasteiger charge is -2.31. The largest absolute Gasteiger partial charge is 0.342 e. The van der Waals surface area contributed by atoms with Crippen molar-refractivity contribution in [2.24, 2.45) is 11.8 Å². The van der Waals surface area contributed by atoms with Crippen LogP contribution in [0.3, 0.4) is 0 Å². The van der Waals surface area contributed by atoms with Gasteiger partial charge in [0.1, 0.15) is 5.82 Å². The van der Waals surface area contributed by atoms with E-state index < -0.39 is 0 Å². The predicted octanol–water partition coefficient (Wildman–Crippen LogP) is 1.15. The van der Waals surface area contributed by atoms with Gasteiger partial charge in [-0.1, -0.05) is 6.07 Å². The monoisotopic (exact) mass is 311 g/mol. The highest BCUT2D eigenvalue weighted by atomic mass is 32.2. The van der Waals surface area contributed by atoms with E-state index in [4.69, 9.17) is 5.84 Å². The van der Waals surface area contributed by atoms with E-state index in [9.17, 15) is 14.0 Å². The summed E-state index contributed by atoms with van der Waals surface area (Å²) in [6.45, 7) is 1.11. The van der Waals surface area contributed by atoms with Gasteiger partial charge in [-0.25, -0.2) is 10.2 Å². The van der Waals surface area contributed by atoms with Crippen molar-refractivity contribution in [2.45, 2.75) is 17.7 Å². The van der Waals surface area contributed by atoms with Gasteiger partial charge >= 0.3 is 0 Å². The summed E-state index contributed by atoms with van der Waals surface area (Å²) in [5, 5.41) is 0. The van der Waals surface area contributed by atoms with Crippen LogP contribution in [0.5, 0.6) is 0 Å². The number of carbonyl (C=O) groups is 2. The van der Waals surface area contributed by atoms with Crippen molar-refractivity contribution in [2.75, 3.05) is 18.8 Å². The Morgan fingerprint density at radius 1 is 1.38 bits per heavy atom. The summed E-state index contributed by atoms with van der Waals surface area (Å²) in [7, 11) is 0. The molecule has 21 heavy (non-hydrogen) atoms. The minimum atomic E-state index is -0.305. The van der Waals surface area contributed by atoms with Gasteiger partial charge < -0.3 is 4.90 Å². The summed E-state index contributed by atoms with van der Waals surface area (Å²) in [5.41, 5.74) is 2.15. The van der Waals surface area contributed by atoms with Crippen molar-refractivity contribution in [3.8, 4) is 0 Å². The Bertz CT molecular complexity index is 519. The second kappa shape index (κ2) is 7.42. The third-order valence-electron chi connectivity index (χ3n) is 3.52. The second-order valence-electron chi connectivity index (χ2n) is 4.91. The number of nitrogens with two attached hydrogens (primary N) is 1. The van der Waals surface area contributed by atoms with E-state index in [1.54, 1.807) is 17.0 Å². The number of nitrogens with one attached hydrogen (secondary N) is 1. The van der Waals surface area contributed by atoms with Crippen molar-refractivity contribution in [3.63, 3.8) is 0 Å². The molecule has 0 spiro atoms. The minimum absolute atomic E-state index is 0.0101. The molecule has 1 aliphatic rings. The molecule has 2 rings (SSSR count). The Labute approximate surface area is 127 Å². The fraction of sp³-hybridized carbons (Fsp3) is 0.429. The number of amides is 2. The number of nitrogens with zero attached hydrogens (tertiary/aromatic N) is 1. The first kappa shape index (κ1) is 15.8. The predicted molar refractivity (Wildman–Crippen MR) is 78.8 cm³/mol. The quantitative estimate of drug-likeness (QED) is 0.378. The van der Waals surface area contributed by atoms with E-state index in [0.29, 0.717) is 25.9 Å². The van der Waals surface area contributed by atoms with Crippen molar-refractivity contribution >= 4 is 23.6 Å². The molecule has 0 aromatic heterocycles. The maximum absolute atomic E-state index is 13.0. The molecule has 0 radical (unpaired) electrons. The average molecular weight is 311 g/mol. The van der Waals surface area contributed by atoms with Crippen molar-refractivity contribution in [1.29, 1.82) is 0 Å². The topological polar surface area (TPSA) is 75.4 Å². The summed E-state index contributed by atoms with van der Waals surface area (Å²) in [6, 6.07) is 6.19. The summed E-state index contributed by atoms with van der Waals surface area (Å²) < 4.78 is 13.0. The Morgan fingerprint density at radius 3 is 2.71 bits per heavy atom. The van der Waals surface area contributed by atoms with Gasteiger partial charge in [0.2, 0.25) is 11.8 Å². The average Bonchev–Trinajstić information content (AvgIpc) is 2.52. The van der Waals surface area contributed by atoms with Crippen LogP contribution >= 0.6 is 11.8 Å². The van der Waals surface area contributed by atoms with Crippen LogP contribution in [0.2, 0.25) is 0 Å². The number of hydrazine groups is 1. The number of benzene rings is 1. The summed E-state index contributed by atoms with van der Waals surface area (Å²) in [5.74, 6) is 4.80. The molecule has 7 heteroatoms. The third kappa shape index (κ3) is 4.44. The highest BCUT2D eigenvalue weighted by molar-refractivity contribution is 8.00. The fourth-order valence-electron chi connectivity index (χ4n) is 2.30. The molecule has 3 N–H and O–H groups in total. The maximum atomic E-state index is 13.0. The van der Waals surface area contributed by atoms with Gasteiger partial charge in [0, 0.05) is 23.9 Å². The van der Waals surface area contributed by atoms with Gasteiger partial charge in [-0.05, 0) is 31.0 Å². The van der Waals surface area contributed by atoms with Crippen LogP contribution in [0.1, 0.15) is 12.8 Å². The first-order chi connectivity index (χ1) is 10.1. The van der Waals surface area contributed by atoms with E-state index in [2.05, 4.69) is 5.43 Å². The van der Waals surface area contributed by atoms with Gasteiger partial charge in [0.15, 0.2) is 0 Å². The number of halogens is 1. The van der Waals surface area contributed by atoms with Crippen LogP contribution in [-0.4, -0.2) is 35.6 Å². The Morgan fingerprint density at radius 2 is 2.10 bits per heavy atom. The van der Waals surface area contributed by atoms with Gasteiger partial charge in [0.05, 0.1) is 5.75 Å². The Balaban J connectivity index is 1.78. The van der Waals surface area contributed by atoms with E-state index in [-0.39, 0.29) is 29.3 Å². The molecule has 2 amide bonds. The first-order valence-electron chi connectivity index (χ1n) is 6.76. The molecule has 0 bridgehead atoms. The lowest BCUT2D eigenvalue weighted by atomic mass is 9.96. The smallest absolute Gasteiger partial charge is 0.237 e. The molecule has 1 saturated heterocycles. The molecule has 114 valence electrons. The molecule has 1 aromatic rings.